The molecule has 0 spiro atoms. The Kier molecular flexibility index (Phi) is 3.64. The zero-order chi connectivity index (χ0) is 16.9. The van der Waals surface area contributed by atoms with E-state index >= 15 is 0 Å². The summed E-state index contributed by atoms with van der Waals surface area (Å²) in [6.45, 7) is 4.38. The summed E-state index contributed by atoms with van der Waals surface area (Å²) < 4.78 is 22.8. The SMILES string of the molecule is Cc1cccc(C)c1Oc1cc2cnn(CC3(F)CC3)c2cc1Br. The van der Waals surface area contributed by atoms with Crippen molar-refractivity contribution in [3.05, 3.63) is 52.1 Å². The van der Waals surface area contributed by atoms with Gasteiger partial charge in [-0.2, -0.15) is 5.10 Å². The summed E-state index contributed by atoms with van der Waals surface area (Å²) in [6, 6.07) is 9.99. The third-order valence-corrected chi connectivity index (χ3v) is 5.16. The van der Waals surface area contributed by atoms with Gasteiger partial charge >= 0.3 is 0 Å². The molecule has 24 heavy (non-hydrogen) atoms. The van der Waals surface area contributed by atoms with Crippen LogP contribution < -0.4 is 4.74 Å². The van der Waals surface area contributed by atoms with Gasteiger partial charge < -0.3 is 4.74 Å². The fourth-order valence-corrected chi connectivity index (χ4v) is 3.33. The van der Waals surface area contributed by atoms with Crippen molar-refractivity contribution in [2.75, 3.05) is 0 Å². The summed E-state index contributed by atoms with van der Waals surface area (Å²) in [6.07, 6.45) is 3.03. The number of nitrogens with zero attached hydrogens (tertiary/aromatic N) is 2. The highest BCUT2D eigenvalue weighted by Gasteiger charge is 2.44. The Bertz CT molecular complexity index is 910. The van der Waals surface area contributed by atoms with Crippen molar-refractivity contribution >= 4 is 26.8 Å². The number of hydrogen-bond donors (Lipinski definition) is 0. The van der Waals surface area contributed by atoms with E-state index in [1.165, 1.54) is 0 Å². The molecule has 3 nitrogen and oxygen atoms in total. The van der Waals surface area contributed by atoms with E-state index in [0.717, 1.165) is 38.0 Å². The number of alkyl halides is 1. The second-order valence-electron chi connectivity index (χ2n) is 6.62. The number of fused-ring (bicyclic) bond motifs is 1. The molecule has 3 aromatic rings. The molecule has 1 aliphatic rings. The lowest BCUT2D eigenvalue weighted by molar-refractivity contribution is 0.264. The number of ether oxygens (including phenoxy) is 1. The van der Waals surface area contributed by atoms with Crippen molar-refractivity contribution in [2.24, 2.45) is 0 Å². The minimum Gasteiger partial charge on any atom is -0.456 e. The number of hydrogen-bond acceptors (Lipinski definition) is 2. The standard InChI is InChI=1S/C19H18BrFN2O/c1-12-4-3-5-13(2)18(12)24-17-8-14-10-22-23(11-19(21)6-7-19)16(14)9-15(17)20/h3-5,8-10H,6-7,11H2,1-2H3. The maximum atomic E-state index is 14.1. The van der Waals surface area contributed by atoms with Crippen molar-refractivity contribution in [1.82, 2.24) is 9.78 Å². The summed E-state index contributed by atoms with van der Waals surface area (Å²) in [7, 11) is 0. The highest BCUT2D eigenvalue weighted by molar-refractivity contribution is 9.10. The van der Waals surface area contributed by atoms with Crippen LogP contribution in [-0.2, 0) is 6.54 Å². The van der Waals surface area contributed by atoms with E-state index in [1.54, 1.807) is 10.9 Å². The van der Waals surface area contributed by atoms with Crippen LogP contribution in [0.1, 0.15) is 24.0 Å². The number of aromatic nitrogens is 2. The smallest absolute Gasteiger partial charge is 0.142 e. The highest BCUT2D eigenvalue weighted by atomic mass is 79.9. The van der Waals surface area contributed by atoms with E-state index in [2.05, 4.69) is 21.0 Å². The Morgan fingerprint density at radius 2 is 1.96 bits per heavy atom. The first-order valence-electron chi connectivity index (χ1n) is 8.03. The molecule has 1 aliphatic carbocycles. The largest absolute Gasteiger partial charge is 0.456 e. The number of aryl methyl sites for hydroxylation is 2. The topological polar surface area (TPSA) is 27.1 Å². The Morgan fingerprint density at radius 1 is 1.25 bits per heavy atom. The third kappa shape index (κ3) is 2.81. The van der Waals surface area contributed by atoms with Crippen LogP contribution in [0.3, 0.4) is 0 Å². The molecule has 0 N–H and O–H groups in total. The van der Waals surface area contributed by atoms with Gasteiger partial charge in [-0.3, -0.25) is 4.68 Å². The van der Waals surface area contributed by atoms with Gasteiger partial charge in [0.05, 0.1) is 22.7 Å². The van der Waals surface area contributed by atoms with Crippen LogP contribution in [0.15, 0.2) is 41.0 Å². The van der Waals surface area contributed by atoms with Crippen LogP contribution in [0, 0.1) is 13.8 Å². The molecule has 0 unspecified atom stereocenters. The Morgan fingerprint density at radius 3 is 2.62 bits per heavy atom. The van der Waals surface area contributed by atoms with Gasteiger partial charge in [0.25, 0.3) is 0 Å². The molecular weight excluding hydrogens is 371 g/mol. The number of rotatable bonds is 4. The predicted molar refractivity (Wildman–Crippen MR) is 96.5 cm³/mol. The van der Waals surface area contributed by atoms with Crippen molar-refractivity contribution in [3.8, 4) is 11.5 Å². The Labute approximate surface area is 148 Å². The summed E-state index contributed by atoms with van der Waals surface area (Å²) in [5.41, 5.74) is 2.02. The normalized spacial score (nSPS) is 15.7. The lowest BCUT2D eigenvalue weighted by Crippen LogP contribution is -2.13. The average molecular weight is 389 g/mol. The molecule has 124 valence electrons. The molecule has 4 rings (SSSR count). The second-order valence-corrected chi connectivity index (χ2v) is 7.47. The second kappa shape index (κ2) is 5.59. The molecule has 1 fully saturated rings. The van der Waals surface area contributed by atoms with Crippen molar-refractivity contribution in [3.63, 3.8) is 0 Å². The van der Waals surface area contributed by atoms with Crippen molar-refractivity contribution in [1.29, 1.82) is 0 Å². The molecule has 0 aliphatic heterocycles. The van der Waals surface area contributed by atoms with Gasteiger partial charge in [-0.1, -0.05) is 18.2 Å². The summed E-state index contributed by atoms with van der Waals surface area (Å²) in [5.74, 6) is 1.60. The third-order valence-electron chi connectivity index (χ3n) is 4.54. The van der Waals surface area contributed by atoms with Crippen molar-refractivity contribution in [2.45, 2.75) is 38.9 Å². The number of para-hydroxylation sites is 1. The molecule has 1 saturated carbocycles. The Hall–Kier alpha value is -1.88. The van der Waals surface area contributed by atoms with E-state index in [4.69, 9.17) is 4.74 Å². The highest BCUT2D eigenvalue weighted by Crippen LogP contribution is 2.42. The molecule has 0 amide bonds. The van der Waals surface area contributed by atoms with E-state index in [0.29, 0.717) is 19.4 Å². The van der Waals surface area contributed by atoms with E-state index in [9.17, 15) is 4.39 Å². The van der Waals surface area contributed by atoms with Crippen LogP contribution in [0.4, 0.5) is 4.39 Å². The summed E-state index contributed by atoms with van der Waals surface area (Å²) >= 11 is 3.58. The van der Waals surface area contributed by atoms with Crippen LogP contribution in [0.5, 0.6) is 11.5 Å². The zero-order valence-corrected chi connectivity index (χ0v) is 15.2. The zero-order valence-electron chi connectivity index (χ0n) is 13.6. The van der Waals surface area contributed by atoms with Gasteiger partial charge in [-0.25, -0.2) is 4.39 Å². The fraction of sp³-hybridized carbons (Fsp3) is 0.316. The van der Waals surface area contributed by atoms with Crippen LogP contribution >= 0.6 is 15.9 Å². The van der Waals surface area contributed by atoms with Gasteiger partial charge in [0.2, 0.25) is 0 Å². The lowest BCUT2D eigenvalue weighted by atomic mass is 10.1. The van der Waals surface area contributed by atoms with Gasteiger partial charge in [-0.05, 0) is 65.9 Å². The van der Waals surface area contributed by atoms with Crippen LogP contribution in [-0.4, -0.2) is 15.4 Å². The first kappa shape index (κ1) is 15.6. The quantitative estimate of drug-likeness (QED) is 0.572. The molecule has 0 bridgehead atoms. The van der Waals surface area contributed by atoms with Crippen LogP contribution in [0.25, 0.3) is 10.9 Å². The fourth-order valence-electron chi connectivity index (χ4n) is 2.92. The lowest BCUT2D eigenvalue weighted by Gasteiger charge is -2.13. The molecule has 0 radical (unpaired) electrons. The minimum absolute atomic E-state index is 0.319. The minimum atomic E-state index is -1.07. The van der Waals surface area contributed by atoms with Crippen molar-refractivity contribution < 1.29 is 9.13 Å². The van der Waals surface area contributed by atoms with E-state index < -0.39 is 5.67 Å². The average Bonchev–Trinajstić information content (AvgIpc) is 3.15. The van der Waals surface area contributed by atoms with E-state index in [-0.39, 0.29) is 0 Å². The predicted octanol–water partition coefficient (Wildman–Crippen LogP) is 5.71. The maximum absolute atomic E-state index is 14.1. The van der Waals surface area contributed by atoms with Gasteiger partial charge in [0.1, 0.15) is 17.2 Å². The molecule has 1 aromatic heterocycles. The molecule has 5 heteroatoms. The molecule has 2 aromatic carbocycles. The first-order valence-corrected chi connectivity index (χ1v) is 8.83. The Balaban J connectivity index is 1.71. The summed E-state index contributed by atoms with van der Waals surface area (Å²) in [4.78, 5) is 0. The first-order chi connectivity index (χ1) is 11.5. The van der Waals surface area contributed by atoms with E-state index in [1.807, 2.05) is 44.2 Å². The molecular formula is C19H18BrFN2O. The molecule has 0 saturated heterocycles. The monoisotopic (exact) mass is 388 g/mol. The molecule has 1 heterocycles. The van der Waals surface area contributed by atoms with Crippen LogP contribution in [0.2, 0.25) is 0 Å². The maximum Gasteiger partial charge on any atom is 0.142 e. The number of halogens is 2. The van der Waals surface area contributed by atoms with Gasteiger partial charge in [0, 0.05) is 5.39 Å². The van der Waals surface area contributed by atoms with Gasteiger partial charge in [0.15, 0.2) is 0 Å². The summed E-state index contributed by atoms with van der Waals surface area (Å²) in [5, 5.41) is 5.29. The van der Waals surface area contributed by atoms with Gasteiger partial charge in [-0.15, -0.1) is 0 Å². The number of benzene rings is 2. The molecule has 0 atom stereocenters.